The number of aromatic nitrogens is 2. The molecule has 214 valence electrons. The van der Waals surface area contributed by atoms with Crippen molar-refractivity contribution in [2.45, 2.75) is 94.9 Å². The van der Waals surface area contributed by atoms with Crippen LogP contribution >= 0.6 is 0 Å². The number of amides is 2. The van der Waals surface area contributed by atoms with Crippen molar-refractivity contribution in [1.29, 1.82) is 5.26 Å². The van der Waals surface area contributed by atoms with Gasteiger partial charge in [-0.05, 0) is 42.9 Å². The van der Waals surface area contributed by atoms with Crippen molar-refractivity contribution in [2.24, 2.45) is 0 Å². The molecule has 1 aliphatic heterocycles. The number of rotatable bonds is 6. The maximum atomic E-state index is 14.3. The molecule has 1 saturated carbocycles. The molecule has 2 fully saturated rings. The predicted octanol–water partition coefficient (Wildman–Crippen LogP) is 3.85. The quantitative estimate of drug-likeness (QED) is 0.520. The molecule has 9 nitrogen and oxygen atoms in total. The van der Waals surface area contributed by atoms with E-state index in [1.54, 1.807) is 19.1 Å². The maximum absolute atomic E-state index is 14.3. The Morgan fingerprint density at radius 3 is 2.40 bits per heavy atom. The highest BCUT2D eigenvalue weighted by Gasteiger charge is 2.47. The van der Waals surface area contributed by atoms with Gasteiger partial charge in [-0.25, -0.2) is 8.78 Å². The second-order valence-electron chi connectivity index (χ2n) is 12.1. The molecule has 11 heteroatoms. The zero-order valence-corrected chi connectivity index (χ0v) is 23.3. The Morgan fingerprint density at radius 2 is 1.85 bits per heavy atom. The Bertz CT molecular complexity index is 1250. The van der Waals surface area contributed by atoms with E-state index in [0.29, 0.717) is 5.69 Å². The molecule has 1 aromatic carbocycles. The summed E-state index contributed by atoms with van der Waals surface area (Å²) in [5.74, 6) is -3.91. The number of nitrogens with zero attached hydrogens (tertiary/aromatic N) is 5. The van der Waals surface area contributed by atoms with E-state index in [1.165, 1.54) is 28.4 Å². The number of β-amino-alcohol motifs (C(OH)–C–C–N with tert-alkyl or cyclic N) is 1. The Labute approximate surface area is 233 Å². The van der Waals surface area contributed by atoms with Crippen LogP contribution in [-0.4, -0.2) is 61.9 Å². The van der Waals surface area contributed by atoms with Gasteiger partial charge in [0.2, 0.25) is 11.8 Å². The van der Waals surface area contributed by atoms with Gasteiger partial charge in [-0.3, -0.25) is 29.4 Å². The van der Waals surface area contributed by atoms with E-state index in [-0.39, 0.29) is 49.8 Å². The number of alkyl halides is 2. The lowest BCUT2D eigenvalue weighted by Crippen LogP contribution is -2.52. The van der Waals surface area contributed by atoms with Crippen LogP contribution in [0.3, 0.4) is 0 Å². The number of anilines is 1. The summed E-state index contributed by atoms with van der Waals surface area (Å²) in [4.78, 5) is 39.1. The van der Waals surface area contributed by atoms with E-state index in [1.807, 2.05) is 18.3 Å². The van der Waals surface area contributed by atoms with Gasteiger partial charge in [0.15, 0.2) is 12.2 Å². The zero-order chi connectivity index (χ0) is 29.3. The molecular formula is C29H36F2N6O3. The van der Waals surface area contributed by atoms with Crippen molar-refractivity contribution in [3.8, 4) is 6.19 Å². The molecule has 2 aliphatic rings. The van der Waals surface area contributed by atoms with Crippen LogP contribution in [0.1, 0.15) is 77.1 Å². The maximum Gasteiger partial charge on any atom is 0.251 e. The van der Waals surface area contributed by atoms with E-state index in [2.05, 4.69) is 36.1 Å². The number of carbonyl (C=O) groups is 2. The fourth-order valence-electron chi connectivity index (χ4n) is 5.38. The molecule has 0 radical (unpaired) electrons. The molecule has 2 aromatic rings. The fraction of sp³-hybridized carbons (Fsp3) is 0.552. The Morgan fingerprint density at radius 1 is 1.20 bits per heavy atom. The lowest BCUT2D eigenvalue weighted by atomic mass is 9.87. The summed E-state index contributed by atoms with van der Waals surface area (Å²) in [6, 6.07) is 4.40. The zero-order valence-electron chi connectivity index (χ0n) is 23.3. The standard InChI is InChI=1S/C29H36F2N6O3/c1-27(2,3)19-5-7-21(8-6-19)37(26(39)23-15-28(4,40)17-36(23)18-32)24(22-16-33-13-14-34-22)25(38)35-20-9-11-29(30,31)12-10-20/h5-8,13-14,16,20,23-24,40H,9-12,15,17H2,1-4H3,(H,35,38). The topological polar surface area (TPSA) is 122 Å². The number of nitriles is 1. The highest BCUT2D eigenvalue weighted by atomic mass is 19.3. The number of likely N-dealkylation sites (tertiary alicyclic amines) is 1. The number of nitrogens with one attached hydrogen (secondary N) is 1. The van der Waals surface area contributed by atoms with Crippen LogP contribution < -0.4 is 10.2 Å². The van der Waals surface area contributed by atoms with Gasteiger partial charge in [0, 0.05) is 43.4 Å². The minimum Gasteiger partial charge on any atom is -0.388 e. The van der Waals surface area contributed by atoms with Crippen LogP contribution in [0.15, 0.2) is 42.9 Å². The summed E-state index contributed by atoms with van der Waals surface area (Å²) in [7, 11) is 0. The molecule has 4 rings (SSSR count). The summed E-state index contributed by atoms with van der Waals surface area (Å²) >= 11 is 0. The number of benzene rings is 1. The number of halogens is 2. The number of hydrogen-bond donors (Lipinski definition) is 2. The molecule has 2 heterocycles. The molecule has 2 amide bonds. The third-order valence-electron chi connectivity index (χ3n) is 7.62. The average molecular weight is 555 g/mol. The largest absolute Gasteiger partial charge is 0.388 e. The van der Waals surface area contributed by atoms with E-state index in [9.17, 15) is 28.7 Å². The Kier molecular flexibility index (Phi) is 8.13. The second-order valence-corrected chi connectivity index (χ2v) is 12.1. The SMILES string of the molecule is CC1(O)CC(C(=O)N(c2ccc(C(C)(C)C)cc2)C(C(=O)NC2CCC(F)(F)CC2)c2cnccn2)N(C#N)C1. The fourth-order valence-corrected chi connectivity index (χ4v) is 5.38. The van der Waals surface area contributed by atoms with Gasteiger partial charge in [-0.1, -0.05) is 32.9 Å². The third-order valence-corrected chi connectivity index (χ3v) is 7.62. The molecular weight excluding hydrogens is 518 g/mol. The lowest BCUT2D eigenvalue weighted by molar-refractivity contribution is -0.129. The summed E-state index contributed by atoms with van der Waals surface area (Å²) in [5.41, 5.74) is 0.135. The van der Waals surface area contributed by atoms with Gasteiger partial charge >= 0.3 is 0 Å². The summed E-state index contributed by atoms with van der Waals surface area (Å²) < 4.78 is 27.6. The first-order valence-electron chi connectivity index (χ1n) is 13.5. The van der Waals surface area contributed by atoms with Gasteiger partial charge in [0.25, 0.3) is 5.91 Å². The van der Waals surface area contributed by atoms with Crippen molar-refractivity contribution in [3.05, 3.63) is 54.1 Å². The van der Waals surface area contributed by atoms with Crippen molar-refractivity contribution in [2.75, 3.05) is 11.4 Å². The lowest BCUT2D eigenvalue weighted by Gasteiger charge is -2.35. The van der Waals surface area contributed by atoms with Gasteiger partial charge in [-0.15, -0.1) is 0 Å². The average Bonchev–Trinajstić information content (AvgIpc) is 3.22. The number of hydrogen-bond acceptors (Lipinski definition) is 7. The normalized spacial score (nSPS) is 23.8. The molecule has 1 aromatic heterocycles. The van der Waals surface area contributed by atoms with Gasteiger partial charge < -0.3 is 10.4 Å². The highest BCUT2D eigenvalue weighted by molar-refractivity contribution is 6.04. The van der Waals surface area contributed by atoms with E-state index in [0.717, 1.165) is 5.56 Å². The third kappa shape index (κ3) is 6.55. The number of carbonyl (C=O) groups excluding carboxylic acids is 2. The molecule has 40 heavy (non-hydrogen) atoms. The predicted molar refractivity (Wildman–Crippen MR) is 144 cm³/mol. The van der Waals surface area contributed by atoms with Crippen LogP contribution in [-0.2, 0) is 15.0 Å². The molecule has 2 N–H and O–H groups in total. The summed E-state index contributed by atoms with van der Waals surface area (Å²) in [5, 5.41) is 23.3. The Balaban J connectivity index is 1.77. The second kappa shape index (κ2) is 11.1. The molecule has 3 atom stereocenters. The molecule has 0 bridgehead atoms. The highest BCUT2D eigenvalue weighted by Crippen LogP contribution is 2.36. The van der Waals surface area contributed by atoms with E-state index in [4.69, 9.17) is 0 Å². The smallest absolute Gasteiger partial charge is 0.251 e. The first-order chi connectivity index (χ1) is 18.7. The first kappa shape index (κ1) is 29.3. The van der Waals surface area contributed by atoms with Crippen LogP contribution in [0.4, 0.5) is 14.5 Å². The monoisotopic (exact) mass is 554 g/mol. The molecule has 1 saturated heterocycles. The van der Waals surface area contributed by atoms with Crippen molar-refractivity contribution in [1.82, 2.24) is 20.2 Å². The summed E-state index contributed by atoms with van der Waals surface area (Å²) in [6.45, 7) is 7.69. The minimum absolute atomic E-state index is 0.0114. The van der Waals surface area contributed by atoms with Crippen LogP contribution in [0.25, 0.3) is 0 Å². The van der Waals surface area contributed by atoms with Crippen molar-refractivity contribution < 1.29 is 23.5 Å². The minimum atomic E-state index is -2.76. The van der Waals surface area contributed by atoms with E-state index < -0.39 is 41.5 Å². The molecule has 0 spiro atoms. The van der Waals surface area contributed by atoms with Gasteiger partial charge in [-0.2, -0.15) is 5.26 Å². The molecule has 1 aliphatic carbocycles. The van der Waals surface area contributed by atoms with Crippen LogP contribution in [0.5, 0.6) is 0 Å². The van der Waals surface area contributed by atoms with Crippen molar-refractivity contribution >= 4 is 17.5 Å². The van der Waals surface area contributed by atoms with Crippen LogP contribution in [0, 0.1) is 11.5 Å². The van der Waals surface area contributed by atoms with Crippen molar-refractivity contribution in [3.63, 3.8) is 0 Å². The summed E-state index contributed by atoms with van der Waals surface area (Å²) in [6.07, 6.45) is 5.76. The Hall–Kier alpha value is -3.65. The number of aliphatic hydroxyl groups is 1. The van der Waals surface area contributed by atoms with Gasteiger partial charge in [0.05, 0.1) is 24.0 Å². The van der Waals surface area contributed by atoms with E-state index >= 15 is 0 Å². The van der Waals surface area contributed by atoms with Crippen LogP contribution in [0.2, 0.25) is 0 Å². The molecule has 3 unspecified atom stereocenters. The van der Waals surface area contributed by atoms with Gasteiger partial charge in [0.1, 0.15) is 6.04 Å². The first-order valence-corrected chi connectivity index (χ1v) is 13.5.